The van der Waals surface area contributed by atoms with Crippen molar-refractivity contribution in [2.75, 3.05) is 23.7 Å². The average molecular weight is 536 g/mol. The number of halogens is 1. The lowest BCUT2D eigenvalue weighted by atomic mass is 10.1. The lowest BCUT2D eigenvalue weighted by Gasteiger charge is -2.30. The first-order chi connectivity index (χ1) is 17.5. The van der Waals surface area contributed by atoms with E-state index in [0.717, 1.165) is 12.7 Å². The Balaban J connectivity index is 2.22. The van der Waals surface area contributed by atoms with E-state index in [2.05, 4.69) is 5.32 Å². The van der Waals surface area contributed by atoms with Crippen LogP contribution in [0.5, 0.6) is 5.75 Å². The predicted octanol–water partition coefficient (Wildman–Crippen LogP) is 4.10. The number of carbonyl (C=O) groups excluding carboxylic acids is 2. The Bertz CT molecular complexity index is 1160. The molecule has 37 heavy (non-hydrogen) atoms. The number of hydrogen-bond donors (Lipinski definition) is 1. The second-order valence-electron chi connectivity index (χ2n) is 8.95. The third kappa shape index (κ3) is 8.73. The van der Waals surface area contributed by atoms with Gasteiger partial charge < -0.3 is 15.0 Å². The van der Waals surface area contributed by atoms with E-state index in [1.165, 1.54) is 15.3 Å². The maximum absolute atomic E-state index is 14.4. The van der Waals surface area contributed by atoms with Gasteiger partial charge in [0.15, 0.2) is 0 Å². The van der Waals surface area contributed by atoms with Gasteiger partial charge in [-0.15, -0.1) is 0 Å². The van der Waals surface area contributed by atoms with E-state index in [-0.39, 0.29) is 43.8 Å². The smallest absolute Gasteiger partial charge is 0.242 e. The molecule has 10 heteroatoms. The fraction of sp³-hybridized carbons (Fsp3) is 0.481. The van der Waals surface area contributed by atoms with E-state index >= 15 is 0 Å². The van der Waals surface area contributed by atoms with Crippen LogP contribution in [0, 0.1) is 5.82 Å². The molecule has 0 spiro atoms. The summed E-state index contributed by atoms with van der Waals surface area (Å²) in [5, 5.41) is 2.87. The topological polar surface area (TPSA) is 96.0 Å². The molecule has 0 saturated carbocycles. The van der Waals surface area contributed by atoms with E-state index in [1.807, 2.05) is 20.8 Å². The minimum Gasteiger partial charge on any atom is -0.492 e. The van der Waals surface area contributed by atoms with Crippen molar-refractivity contribution < 1.29 is 27.1 Å². The van der Waals surface area contributed by atoms with Crippen molar-refractivity contribution in [1.82, 2.24) is 10.2 Å². The molecule has 0 unspecified atom stereocenters. The number of carbonyl (C=O) groups is 2. The van der Waals surface area contributed by atoms with Gasteiger partial charge in [0.05, 0.1) is 18.6 Å². The molecule has 2 aromatic rings. The zero-order valence-corrected chi connectivity index (χ0v) is 23.1. The van der Waals surface area contributed by atoms with Gasteiger partial charge in [0.1, 0.15) is 17.6 Å². The molecule has 2 rings (SSSR count). The average Bonchev–Trinajstić information content (AvgIpc) is 2.85. The number of amides is 2. The fourth-order valence-electron chi connectivity index (χ4n) is 3.78. The third-order valence-corrected chi connectivity index (χ3v) is 7.23. The van der Waals surface area contributed by atoms with Crippen molar-refractivity contribution in [2.24, 2.45) is 0 Å². The first kappa shape index (κ1) is 30.1. The van der Waals surface area contributed by atoms with Crippen LogP contribution in [-0.4, -0.2) is 56.6 Å². The molecule has 0 heterocycles. The Morgan fingerprint density at radius 2 is 1.70 bits per heavy atom. The number of benzene rings is 2. The molecule has 0 aliphatic carbocycles. The summed E-state index contributed by atoms with van der Waals surface area (Å²) in [5.41, 5.74) is 0.686. The minimum absolute atomic E-state index is 0.0295. The van der Waals surface area contributed by atoms with Crippen LogP contribution in [0.1, 0.15) is 52.5 Å². The van der Waals surface area contributed by atoms with Crippen molar-refractivity contribution in [1.29, 1.82) is 0 Å². The number of anilines is 1. The van der Waals surface area contributed by atoms with E-state index in [4.69, 9.17) is 4.74 Å². The van der Waals surface area contributed by atoms with Crippen molar-refractivity contribution in [3.8, 4) is 5.75 Å². The van der Waals surface area contributed by atoms with E-state index in [1.54, 1.807) is 49.4 Å². The Morgan fingerprint density at radius 3 is 2.32 bits per heavy atom. The van der Waals surface area contributed by atoms with Gasteiger partial charge in [-0.05, 0) is 51.8 Å². The summed E-state index contributed by atoms with van der Waals surface area (Å²) in [6, 6.07) is 12.0. The monoisotopic (exact) mass is 535 g/mol. The number of hydrogen-bond acceptors (Lipinski definition) is 5. The molecule has 204 valence electrons. The summed E-state index contributed by atoms with van der Waals surface area (Å²) in [7, 11) is -3.66. The zero-order valence-electron chi connectivity index (χ0n) is 22.2. The van der Waals surface area contributed by atoms with Gasteiger partial charge in [0.25, 0.3) is 0 Å². The maximum atomic E-state index is 14.4. The van der Waals surface area contributed by atoms with Crippen LogP contribution in [0.2, 0.25) is 0 Å². The summed E-state index contributed by atoms with van der Waals surface area (Å²) in [6.45, 7) is 7.55. The van der Waals surface area contributed by atoms with Crippen molar-refractivity contribution in [3.05, 3.63) is 59.9 Å². The van der Waals surface area contributed by atoms with E-state index in [9.17, 15) is 22.4 Å². The zero-order chi connectivity index (χ0) is 27.6. The number of ether oxygens (including phenoxy) is 1. The highest BCUT2D eigenvalue weighted by molar-refractivity contribution is 7.92. The third-order valence-electron chi connectivity index (χ3n) is 6.05. The Hall–Kier alpha value is -3.14. The highest BCUT2D eigenvalue weighted by Gasteiger charge is 2.28. The minimum atomic E-state index is -3.66. The van der Waals surface area contributed by atoms with E-state index in [0.29, 0.717) is 23.6 Å². The van der Waals surface area contributed by atoms with Crippen molar-refractivity contribution in [2.45, 2.75) is 65.6 Å². The first-order valence-electron chi connectivity index (χ1n) is 12.5. The molecule has 2 amide bonds. The molecule has 2 aromatic carbocycles. The molecular weight excluding hydrogens is 497 g/mol. The van der Waals surface area contributed by atoms with Gasteiger partial charge in [0, 0.05) is 31.1 Å². The Morgan fingerprint density at radius 1 is 1.05 bits per heavy atom. The maximum Gasteiger partial charge on any atom is 0.242 e. The van der Waals surface area contributed by atoms with Crippen LogP contribution < -0.4 is 14.4 Å². The number of nitrogens with one attached hydrogen (secondary N) is 1. The second kappa shape index (κ2) is 14.0. The summed E-state index contributed by atoms with van der Waals surface area (Å²) >= 11 is 0. The number of rotatable bonds is 14. The quantitative estimate of drug-likeness (QED) is 0.393. The second-order valence-corrected chi connectivity index (χ2v) is 10.9. The first-order valence-corrected chi connectivity index (χ1v) is 14.4. The van der Waals surface area contributed by atoms with Crippen LogP contribution in [0.25, 0.3) is 0 Å². The van der Waals surface area contributed by atoms with Crippen LogP contribution in [0.3, 0.4) is 0 Å². The van der Waals surface area contributed by atoms with Gasteiger partial charge in [0.2, 0.25) is 21.8 Å². The van der Waals surface area contributed by atoms with E-state index < -0.39 is 21.9 Å². The molecule has 1 N–H and O–H groups in total. The fourth-order valence-corrected chi connectivity index (χ4v) is 4.75. The van der Waals surface area contributed by atoms with Crippen LogP contribution >= 0.6 is 0 Å². The number of para-hydroxylation sites is 2. The Labute approximate surface area is 219 Å². The van der Waals surface area contributed by atoms with Crippen LogP contribution in [0.15, 0.2) is 48.5 Å². The highest BCUT2D eigenvalue weighted by atomic mass is 32.2. The van der Waals surface area contributed by atoms with Gasteiger partial charge >= 0.3 is 0 Å². The largest absolute Gasteiger partial charge is 0.492 e. The highest BCUT2D eigenvalue weighted by Crippen LogP contribution is 2.30. The molecular formula is C27H38FN3O5S. The molecule has 2 atom stereocenters. The Kier molecular flexibility index (Phi) is 11.4. The summed E-state index contributed by atoms with van der Waals surface area (Å²) in [5.74, 6) is -0.743. The van der Waals surface area contributed by atoms with Gasteiger partial charge in [-0.3, -0.25) is 13.9 Å². The molecule has 0 bridgehead atoms. The van der Waals surface area contributed by atoms with Gasteiger partial charge in [-0.1, -0.05) is 37.3 Å². The normalized spacial score (nSPS) is 12.9. The predicted molar refractivity (Wildman–Crippen MR) is 143 cm³/mol. The molecule has 0 aromatic heterocycles. The number of sulfonamides is 1. The lowest BCUT2D eigenvalue weighted by Crippen LogP contribution is -2.49. The summed E-state index contributed by atoms with van der Waals surface area (Å²) < 4.78 is 46.4. The van der Waals surface area contributed by atoms with Crippen molar-refractivity contribution in [3.63, 3.8) is 0 Å². The molecule has 0 fully saturated rings. The summed E-state index contributed by atoms with van der Waals surface area (Å²) in [4.78, 5) is 27.5. The molecule has 0 radical (unpaired) electrons. The standard InChI is InChI=1S/C27H38FN3O5S/c1-6-20(3)29-27(33)21(4)30(19-22-13-8-9-14-23(22)28)26(32)17-12-18-31(37(5,34)35)24-15-10-11-16-25(24)36-7-2/h8-11,13-16,20-21H,6-7,12,17-19H2,1-5H3,(H,29,33)/t20-,21+/m0/s1. The van der Waals surface area contributed by atoms with Gasteiger partial charge in [-0.2, -0.15) is 0 Å². The molecule has 0 saturated heterocycles. The number of nitrogens with zero attached hydrogens (tertiary/aromatic N) is 2. The van der Waals surface area contributed by atoms with Gasteiger partial charge in [-0.25, -0.2) is 12.8 Å². The molecule has 8 nitrogen and oxygen atoms in total. The van der Waals surface area contributed by atoms with Crippen LogP contribution in [0.4, 0.5) is 10.1 Å². The lowest BCUT2D eigenvalue weighted by molar-refractivity contribution is -0.141. The summed E-state index contributed by atoms with van der Waals surface area (Å²) in [6.07, 6.45) is 1.99. The van der Waals surface area contributed by atoms with Crippen molar-refractivity contribution >= 4 is 27.5 Å². The molecule has 0 aliphatic heterocycles. The SMILES string of the molecule is CCOc1ccccc1N(CCCC(=O)N(Cc1ccccc1F)[C@H](C)C(=O)N[C@@H](C)CC)S(C)(=O)=O. The molecule has 0 aliphatic rings. The van der Waals surface area contributed by atoms with Crippen LogP contribution in [-0.2, 0) is 26.2 Å².